The van der Waals surface area contributed by atoms with Gasteiger partial charge in [0.1, 0.15) is 18.1 Å². The molecule has 10 nitrogen and oxygen atoms in total. The molecule has 0 bridgehead atoms. The number of aryl methyl sites for hydroxylation is 2. The van der Waals surface area contributed by atoms with Gasteiger partial charge in [0, 0.05) is 22.5 Å². The van der Waals surface area contributed by atoms with Crippen LogP contribution in [0.5, 0.6) is 11.5 Å². The van der Waals surface area contributed by atoms with Crippen molar-refractivity contribution < 1.29 is 29.5 Å². The molecule has 6 N–H and O–H groups in total. The maximum atomic E-state index is 13.2. The lowest BCUT2D eigenvalue weighted by molar-refractivity contribution is 0.101. The molecule has 0 aromatic heterocycles. The van der Waals surface area contributed by atoms with Gasteiger partial charge in [-0.2, -0.15) is 0 Å². The van der Waals surface area contributed by atoms with E-state index < -0.39 is 5.91 Å². The molecule has 10 heteroatoms. The van der Waals surface area contributed by atoms with E-state index in [0.29, 0.717) is 45.6 Å². The SMILES string of the molecule is Cc1cccc(NOCc2ccc3cc(O)c(CONc4ccc(NC(=O)c5cc6cc(C(=O)Nc7cccc(C)c7)ccc6cc5O)cc4)cc3c2)c1. The summed E-state index contributed by atoms with van der Waals surface area (Å²) in [7, 11) is 0. The first-order valence-electron chi connectivity index (χ1n) is 17.3. The molecule has 270 valence electrons. The van der Waals surface area contributed by atoms with Crippen molar-refractivity contribution in [3.8, 4) is 11.5 Å². The van der Waals surface area contributed by atoms with Crippen LogP contribution >= 0.6 is 0 Å². The summed E-state index contributed by atoms with van der Waals surface area (Å²) < 4.78 is 0. The van der Waals surface area contributed by atoms with E-state index in [1.54, 1.807) is 54.6 Å². The highest BCUT2D eigenvalue weighted by atomic mass is 16.6. The van der Waals surface area contributed by atoms with Gasteiger partial charge in [-0.15, -0.1) is 0 Å². The number of hydrogen-bond donors (Lipinski definition) is 6. The van der Waals surface area contributed by atoms with Crippen LogP contribution in [0.4, 0.5) is 22.7 Å². The van der Waals surface area contributed by atoms with Crippen molar-refractivity contribution in [3.05, 3.63) is 167 Å². The summed E-state index contributed by atoms with van der Waals surface area (Å²) in [5.74, 6) is -0.854. The highest BCUT2D eigenvalue weighted by molar-refractivity contribution is 6.10. The van der Waals surface area contributed by atoms with E-state index in [1.165, 1.54) is 6.07 Å². The Morgan fingerprint density at radius 2 is 1.13 bits per heavy atom. The third-order valence-electron chi connectivity index (χ3n) is 8.85. The maximum Gasteiger partial charge on any atom is 0.259 e. The van der Waals surface area contributed by atoms with E-state index in [2.05, 4.69) is 21.6 Å². The van der Waals surface area contributed by atoms with Gasteiger partial charge in [0.15, 0.2) is 0 Å². The number of amides is 2. The molecule has 0 aliphatic rings. The maximum absolute atomic E-state index is 13.2. The molecule has 0 heterocycles. The van der Waals surface area contributed by atoms with Gasteiger partial charge >= 0.3 is 0 Å². The van der Waals surface area contributed by atoms with Gasteiger partial charge in [-0.25, -0.2) is 0 Å². The number of nitrogens with one attached hydrogen (secondary N) is 4. The predicted octanol–water partition coefficient (Wildman–Crippen LogP) is 9.61. The van der Waals surface area contributed by atoms with Gasteiger partial charge in [-0.05, 0) is 143 Å². The van der Waals surface area contributed by atoms with Crippen LogP contribution in [0.25, 0.3) is 21.5 Å². The number of phenols is 2. The average Bonchev–Trinajstić information content (AvgIpc) is 3.15. The molecule has 7 aromatic carbocycles. The van der Waals surface area contributed by atoms with Crippen LogP contribution < -0.4 is 21.6 Å². The second-order valence-corrected chi connectivity index (χ2v) is 13.1. The lowest BCUT2D eigenvalue weighted by Crippen LogP contribution is -2.13. The molecule has 0 fully saturated rings. The molecule has 2 amide bonds. The molecule has 0 radical (unpaired) electrons. The third kappa shape index (κ3) is 8.59. The molecule has 0 aliphatic heterocycles. The van der Waals surface area contributed by atoms with Gasteiger partial charge in [-0.3, -0.25) is 30.2 Å². The lowest BCUT2D eigenvalue weighted by atomic mass is 10.0. The summed E-state index contributed by atoms with van der Waals surface area (Å²) >= 11 is 0. The molecular weight excluding hydrogens is 681 g/mol. The van der Waals surface area contributed by atoms with Crippen molar-refractivity contribution >= 4 is 56.1 Å². The number of hydrogen-bond acceptors (Lipinski definition) is 8. The Kier molecular flexibility index (Phi) is 10.4. The van der Waals surface area contributed by atoms with E-state index in [0.717, 1.165) is 33.2 Å². The van der Waals surface area contributed by atoms with E-state index in [4.69, 9.17) is 9.68 Å². The zero-order valence-electron chi connectivity index (χ0n) is 29.6. The molecule has 7 aromatic rings. The van der Waals surface area contributed by atoms with Gasteiger partial charge in [0.2, 0.25) is 0 Å². The lowest BCUT2D eigenvalue weighted by Gasteiger charge is -2.12. The summed E-state index contributed by atoms with van der Waals surface area (Å²) in [6.07, 6.45) is 0. The second-order valence-electron chi connectivity index (χ2n) is 13.1. The Morgan fingerprint density at radius 3 is 1.89 bits per heavy atom. The fraction of sp³-hybridized carbons (Fsp3) is 0.0909. The standard InChI is InChI=1S/C44H38N4O6/c1-27-5-3-7-38(17-27)46-43(51)32-12-11-31-24-42(50)40(22-34(31)20-32)44(52)45-36-13-15-37(16-14-36)47-54-26-35-21-33-19-29(9-10-30(33)23-41(35)49)25-53-48-39-8-4-6-28(2)18-39/h3-24,47-50H,25-26H2,1-2H3,(H,45,52)(H,46,51). The van der Waals surface area contributed by atoms with Crippen LogP contribution in [0.2, 0.25) is 0 Å². The van der Waals surface area contributed by atoms with Gasteiger partial charge in [0.05, 0.1) is 23.5 Å². The van der Waals surface area contributed by atoms with E-state index in [-0.39, 0.29) is 29.6 Å². The van der Waals surface area contributed by atoms with Crippen molar-refractivity contribution in [1.29, 1.82) is 0 Å². The first-order chi connectivity index (χ1) is 26.2. The van der Waals surface area contributed by atoms with E-state index >= 15 is 0 Å². The molecular formula is C44H38N4O6. The Hall–Kier alpha value is -6.88. The second kappa shape index (κ2) is 15.8. The minimum Gasteiger partial charge on any atom is -0.508 e. The molecule has 0 unspecified atom stereocenters. The Morgan fingerprint density at radius 1 is 0.519 bits per heavy atom. The van der Waals surface area contributed by atoms with E-state index in [1.807, 2.05) is 86.6 Å². The first-order valence-corrected chi connectivity index (χ1v) is 17.3. The minimum atomic E-state index is -0.509. The number of rotatable bonds is 12. The number of carbonyl (C=O) groups excluding carboxylic acids is 2. The molecule has 0 atom stereocenters. The van der Waals surface area contributed by atoms with Crippen molar-refractivity contribution in [2.24, 2.45) is 0 Å². The molecule has 0 saturated carbocycles. The monoisotopic (exact) mass is 718 g/mol. The number of aromatic hydroxyl groups is 2. The van der Waals surface area contributed by atoms with Crippen molar-refractivity contribution in [3.63, 3.8) is 0 Å². The van der Waals surface area contributed by atoms with Crippen molar-refractivity contribution in [1.82, 2.24) is 0 Å². The summed E-state index contributed by atoms with van der Waals surface area (Å²) in [4.78, 5) is 37.6. The van der Waals surface area contributed by atoms with Crippen LogP contribution in [-0.2, 0) is 22.9 Å². The van der Waals surface area contributed by atoms with Gasteiger partial charge in [-0.1, -0.05) is 42.5 Å². The normalized spacial score (nSPS) is 11.0. The Labute approximate surface area is 311 Å². The highest BCUT2D eigenvalue weighted by Gasteiger charge is 2.15. The van der Waals surface area contributed by atoms with Gasteiger partial charge in [0.25, 0.3) is 11.8 Å². The molecule has 0 spiro atoms. The largest absolute Gasteiger partial charge is 0.508 e. The number of phenolic OH excluding ortho intramolecular Hbond substituents is 2. The first kappa shape index (κ1) is 35.5. The zero-order chi connectivity index (χ0) is 37.6. The number of carbonyl (C=O) groups is 2. The van der Waals surface area contributed by atoms with Crippen LogP contribution in [0, 0.1) is 13.8 Å². The number of anilines is 4. The van der Waals surface area contributed by atoms with Crippen LogP contribution in [0.3, 0.4) is 0 Å². The molecule has 0 aliphatic carbocycles. The summed E-state index contributed by atoms with van der Waals surface area (Å²) in [6, 6.07) is 40.0. The average molecular weight is 719 g/mol. The van der Waals surface area contributed by atoms with Crippen LogP contribution in [0.15, 0.2) is 133 Å². The summed E-state index contributed by atoms with van der Waals surface area (Å²) in [5, 5.41) is 30.2. The molecule has 7 rings (SSSR count). The minimum absolute atomic E-state index is 0.0676. The van der Waals surface area contributed by atoms with E-state index in [9.17, 15) is 19.8 Å². The summed E-state index contributed by atoms with van der Waals surface area (Å²) in [6.45, 7) is 4.42. The van der Waals surface area contributed by atoms with Crippen molar-refractivity contribution in [2.45, 2.75) is 27.1 Å². The number of fused-ring (bicyclic) bond motifs is 2. The van der Waals surface area contributed by atoms with Crippen LogP contribution in [0.1, 0.15) is 43.0 Å². The Balaban J connectivity index is 0.942. The zero-order valence-corrected chi connectivity index (χ0v) is 29.6. The van der Waals surface area contributed by atoms with Crippen molar-refractivity contribution in [2.75, 3.05) is 21.6 Å². The Bertz CT molecular complexity index is 2500. The fourth-order valence-corrected chi connectivity index (χ4v) is 6.05. The quantitative estimate of drug-likeness (QED) is 0.0687. The van der Waals surface area contributed by atoms with Gasteiger partial charge < -0.3 is 20.8 Å². The fourth-order valence-electron chi connectivity index (χ4n) is 6.05. The third-order valence-corrected chi connectivity index (χ3v) is 8.85. The predicted molar refractivity (Wildman–Crippen MR) is 213 cm³/mol. The smallest absolute Gasteiger partial charge is 0.259 e. The summed E-state index contributed by atoms with van der Waals surface area (Å²) in [5.41, 5.74) is 12.8. The van der Waals surface area contributed by atoms with Crippen LogP contribution in [-0.4, -0.2) is 22.0 Å². The molecule has 0 saturated heterocycles. The highest BCUT2D eigenvalue weighted by Crippen LogP contribution is 2.29. The topological polar surface area (TPSA) is 141 Å². The molecule has 54 heavy (non-hydrogen) atoms. The number of benzene rings is 7.